The molecule has 0 aliphatic carbocycles. The van der Waals surface area contributed by atoms with Crippen molar-refractivity contribution in [3.05, 3.63) is 23.8 Å². The summed E-state index contributed by atoms with van der Waals surface area (Å²) in [5.74, 6) is 0.725. The Morgan fingerprint density at radius 1 is 1.38 bits per heavy atom. The number of ether oxygens (including phenoxy) is 1. The van der Waals surface area contributed by atoms with Gasteiger partial charge in [-0.1, -0.05) is 0 Å². The molecule has 2 rings (SSSR count). The summed E-state index contributed by atoms with van der Waals surface area (Å²) in [5, 5.41) is 9.18. The third-order valence-corrected chi connectivity index (χ3v) is 2.07. The molecular weight excluding hydrogens is 168 g/mol. The van der Waals surface area contributed by atoms with E-state index < -0.39 is 0 Å². The fourth-order valence-corrected chi connectivity index (χ4v) is 1.41. The molecule has 1 aromatic rings. The van der Waals surface area contributed by atoms with Crippen molar-refractivity contribution in [2.24, 2.45) is 0 Å². The molecule has 3 heteroatoms. The monoisotopic (exact) mass is 178 g/mol. The molecule has 3 nitrogen and oxygen atoms in total. The Balaban J connectivity index is 2.48. The third-order valence-electron chi connectivity index (χ3n) is 2.07. The highest BCUT2D eigenvalue weighted by Gasteiger charge is 2.16. The Morgan fingerprint density at radius 3 is 3.08 bits per heavy atom. The molecule has 1 N–H and O–H groups in total. The van der Waals surface area contributed by atoms with Gasteiger partial charge in [0.25, 0.3) is 0 Å². The van der Waals surface area contributed by atoms with E-state index in [1.807, 2.05) is 0 Å². The predicted molar refractivity (Wildman–Crippen MR) is 47.2 cm³/mol. The zero-order chi connectivity index (χ0) is 9.26. The first-order valence-electron chi connectivity index (χ1n) is 4.26. The van der Waals surface area contributed by atoms with Gasteiger partial charge in [0, 0.05) is 12.5 Å². The Kier molecular flexibility index (Phi) is 1.93. The van der Waals surface area contributed by atoms with Gasteiger partial charge in [0.1, 0.15) is 11.5 Å². The molecule has 0 amide bonds. The van der Waals surface area contributed by atoms with Crippen molar-refractivity contribution >= 4 is 5.78 Å². The van der Waals surface area contributed by atoms with Gasteiger partial charge in [0.15, 0.2) is 5.78 Å². The van der Waals surface area contributed by atoms with E-state index in [0.717, 1.165) is 6.42 Å². The number of Topliss-reactive ketones (excluding diaryl/α,β-unsaturated/α-hetero) is 1. The lowest BCUT2D eigenvalue weighted by atomic mass is 10.1. The number of ketones is 1. The maximum Gasteiger partial charge on any atom is 0.166 e. The van der Waals surface area contributed by atoms with E-state index in [-0.39, 0.29) is 11.5 Å². The lowest BCUT2D eigenvalue weighted by molar-refractivity contribution is 0.0983. The van der Waals surface area contributed by atoms with Gasteiger partial charge in [-0.2, -0.15) is 0 Å². The van der Waals surface area contributed by atoms with Crippen molar-refractivity contribution in [1.29, 1.82) is 0 Å². The summed E-state index contributed by atoms with van der Waals surface area (Å²) in [7, 11) is 0. The molecule has 0 radical (unpaired) electrons. The van der Waals surface area contributed by atoms with Gasteiger partial charge < -0.3 is 9.84 Å². The molecule has 0 bridgehead atoms. The van der Waals surface area contributed by atoms with Gasteiger partial charge in [-0.25, -0.2) is 0 Å². The van der Waals surface area contributed by atoms with E-state index in [4.69, 9.17) is 4.74 Å². The van der Waals surface area contributed by atoms with E-state index in [0.29, 0.717) is 24.3 Å². The second-order valence-corrected chi connectivity index (χ2v) is 3.06. The summed E-state index contributed by atoms with van der Waals surface area (Å²) in [6.07, 6.45) is 1.27. The molecular formula is C10H10O3. The van der Waals surface area contributed by atoms with E-state index in [9.17, 15) is 9.90 Å². The number of phenolic OH excluding ortho intramolecular Hbond substituents is 1. The van der Waals surface area contributed by atoms with Crippen LogP contribution in [0, 0.1) is 0 Å². The minimum atomic E-state index is 0.0903. The van der Waals surface area contributed by atoms with Gasteiger partial charge in [0.05, 0.1) is 12.2 Å². The first-order valence-corrected chi connectivity index (χ1v) is 4.26. The average Bonchev–Trinajstić information content (AvgIpc) is 2.28. The van der Waals surface area contributed by atoms with Crippen LogP contribution in [-0.4, -0.2) is 17.5 Å². The van der Waals surface area contributed by atoms with Crippen LogP contribution in [0.4, 0.5) is 0 Å². The van der Waals surface area contributed by atoms with Crippen molar-refractivity contribution in [3.8, 4) is 11.5 Å². The fourth-order valence-electron chi connectivity index (χ4n) is 1.41. The molecule has 0 spiro atoms. The Hall–Kier alpha value is -1.51. The first-order chi connectivity index (χ1) is 6.27. The quantitative estimate of drug-likeness (QED) is 0.658. The van der Waals surface area contributed by atoms with Crippen LogP contribution >= 0.6 is 0 Å². The molecule has 0 saturated carbocycles. The van der Waals surface area contributed by atoms with Crippen LogP contribution in [0.1, 0.15) is 23.2 Å². The van der Waals surface area contributed by atoms with Crippen LogP contribution < -0.4 is 4.74 Å². The number of fused-ring (bicyclic) bond motifs is 1. The molecule has 1 aliphatic rings. The minimum Gasteiger partial charge on any atom is -0.508 e. The average molecular weight is 178 g/mol. The van der Waals surface area contributed by atoms with Crippen molar-refractivity contribution < 1.29 is 14.6 Å². The molecule has 0 fully saturated rings. The van der Waals surface area contributed by atoms with Crippen LogP contribution in [0.25, 0.3) is 0 Å². The smallest absolute Gasteiger partial charge is 0.166 e. The molecule has 0 unspecified atom stereocenters. The van der Waals surface area contributed by atoms with Crippen molar-refractivity contribution in [2.75, 3.05) is 6.61 Å². The second kappa shape index (κ2) is 3.09. The summed E-state index contributed by atoms with van der Waals surface area (Å²) in [6, 6.07) is 4.60. The van der Waals surface area contributed by atoms with Crippen LogP contribution in [0.5, 0.6) is 11.5 Å². The number of carbonyl (C=O) groups excluding carboxylic acids is 1. The fraction of sp³-hybridized carbons (Fsp3) is 0.300. The van der Waals surface area contributed by atoms with E-state index in [2.05, 4.69) is 0 Å². The normalized spacial score (nSPS) is 15.8. The summed E-state index contributed by atoms with van der Waals surface area (Å²) < 4.78 is 5.32. The van der Waals surface area contributed by atoms with Crippen LogP contribution in [0.2, 0.25) is 0 Å². The molecule has 1 aromatic carbocycles. The van der Waals surface area contributed by atoms with Crippen LogP contribution in [0.3, 0.4) is 0 Å². The topological polar surface area (TPSA) is 46.5 Å². The largest absolute Gasteiger partial charge is 0.508 e. The summed E-state index contributed by atoms with van der Waals surface area (Å²) in [5.41, 5.74) is 0.579. The third kappa shape index (κ3) is 1.49. The highest BCUT2D eigenvalue weighted by atomic mass is 16.5. The van der Waals surface area contributed by atoms with Crippen LogP contribution in [-0.2, 0) is 0 Å². The molecule has 0 saturated heterocycles. The first kappa shape index (κ1) is 8.10. The molecule has 0 aromatic heterocycles. The number of carbonyl (C=O) groups is 1. The lowest BCUT2D eigenvalue weighted by Gasteiger charge is -2.05. The highest BCUT2D eigenvalue weighted by molar-refractivity contribution is 5.99. The Bertz CT molecular complexity index is 344. The molecule has 1 aliphatic heterocycles. The van der Waals surface area contributed by atoms with Crippen molar-refractivity contribution in [1.82, 2.24) is 0 Å². The van der Waals surface area contributed by atoms with Crippen LogP contribution in [0.15, 0.2) is 18.2 Å². The van der Waals surface area contributed by atoms with Gasteiger partial charge in [-0.3, -0.25) is 4.79 Å². The maximum atomic E-state index is 11.5. The maximum absolute atomic E-state index is 11.5. The number of phenols is 1. The summed E-state index contributed by atoms with van der Waals surface area (Å²) in [4.78, 5) is 11.5. The lowest BCUT2D eigenvalue weighted by Crippen LogP contribution is -1.96. The highest BCUT2D eigenvalue weighted by Crippen LogP contribution is 2.27. The standard InChI is InChI=1S/C10H10O3/c11-7-3-4-8-9(12)2-1-5-13-10(8)6-7/h3-4,6,11H,1-2,5H2. The number of aromatic hydroxyl groups is 1. The van der Waals surface area contributed by atoms with Gasteiger partial charge in [-0.15, -0.1) is 0 Å². The van der Waals surface area contributed by atoms with Gasteiger partial charge in [0.2, 0.25) is 0 Å². The second-order valence-electron chi connectivity index (χ2n) is 3.06. The molecule has 13 heavy (non-hydrogen) atoms. The molecule has 1 heterocycles. The van der Waals surface area contributed by atoms with Crippen molar-refractivity contribution in [2.45, 2.75) is 12.8 Å². The summed E-state index contributed by atoms with van der Waals surface area (Å²) in [6.45, 7) is 0.544. The number of hydrogen-bond donors (Lipinski definition) is 1. The zero-order valence-corrected chi connectivity index (χ0v) is 7.12. The SMILES string of the molecule is O=C1CCCOc2cc(O)ccc21. The van der Waals surface area contributed by atoms with Gasteiger partial charge in [-0.05, 0) is 18.6 Å². The van der Waals surface area contributed by atoms with Crippen molar-refractivity contribution in [3.63, 3.8) is 0 Å². The number of rotatable bonds is 0. The minimum absolute atomic E-state index is 0.0903. The molecule has 0 atom stereocenters. The Labute approximate surface area is 76.0 Å². The van der Waals surface area contributed by atoms with E-state index >= 15 is 0 Å². The number of hydrogen-bond acceptors (Lipinski definition) is 3. The van der Waals surface area contributed by atoms with E-state index in [1.54, 1.807) is 6.07 Å². The van der Waals surface area contributed by atoms with E-state index in [1.165, 1.54) is 12.1 Å². The predicted octanol–water partition coefficient (Wildman–Crippen LogP) is 1.75. The Morgan fingerprint density at radius 2 is 2.23 bits per heavy atom. The summed E-state index contributed by atoms with van der Waals surface area (Å²) >= 11 is 0. The number of benzene rings is 1. The zero-order valence-electron chi connectivity index (χ0n) is 7.12. The van der Waals surface area contributed by atoms with Gasteiger partial charge >= 0.3 is 0 Å². The molecule has 68 valence electrons.